The van der Waals surface area contributed by atoms with Gasteiger partial charge >= 0.3 is 39.5 Å². The number of aliphatic hydroxyl groups excluding tert-OH is 1. The second kappa shape index (κ2) is 48.7. The van der Waals surface area contributed by atoms with Crippen LogP contribution in [0.3, 0.4) is 0 Å². The molecule has 0 aliphatic carbocycles. The molecule has 0 radical (unpaired) electrons. The van der Waals surface area contributed by atoms with Gasteiger partial charge in [-0.25, -0.2) is 9.13 Å². The molecule has 0 amide bonds. The van der Waals surface area contributed by atoms with Crippen LogP contribution in [0.2, 0.25) is 0 Å². The first-order valence-corrected chi connectivity index (χ1v) is 33.2. The second-order valence-corrected chi connectivity index (χ2v) is 25.8. The predicted molar refractivity (Wildman–Crippen MR) is 303 cm³/mol. The molecule has 5 atom stereocenters. The Morgan fingerprint density at radius 2 is 0.545 bits per heavy atom. The quantitative estimate of drug-likeness (QED) is 0.0222. The lowest BCUT2D eigenvalue weighted by atomic mass is 10.0. The van der Waals surface area contributed by atoms with Gasteiger partial charge in [0, 0.05) is 25.7 Å². The summed E-state index contributed by atoms with van der Waals surface area (Å²) < 4.78 is 67.6. The third-order valence-electron chi connectivity index (χ3n) is 13.1. The van der Waals surface area contributed by atoms with E-state index in [2.05, 4.69) is 55.4 Å². The fourth-order valence-corrected chi connectivity index (χ4v) is 9.95. The zero-order chi connectivity index (χ0) is 57.6. The summed E-state index contributed by atoms with van der Waals surface area (Å²) in [5.74, 6) is 0.566. The summed E-state index contributed by atoms with van der Waals surface area (Å²) in [6, 6.07) is 0. The highest BCUT2D eigenvalue weighted by atomic mass is 31.2. The maximum Gasteiger partial charge on any atom is 0.472 e. The number of ether oxygens (including phenoxy) is 4. The van der Waals surface area contributed by atoms with E-state index < -0.39 is 97.5 Å². The standard InChI is InChI=1S/C58H112O17P2/c1-48(2)34-26-18-10-9-11-22-30-38-55(60)68-44-53(74-57(62)40-32-24-16-13-20-28-36-50(5)6)46-72-76(64,65)70-42-52(59)43-71-77(66,67)73-47-54(75-58(63)41-33-25-17-14-21-29-37-51(7)8)45-69-56(61)39-31-23-15-12-19-27-35-49(3)4/h48-54,59H,9-47H2,1-8H3,(H,64,65)(H,66,67)/t52-,53-,54-/m1/s1. The van der Waals surface area contributed by atoms with E-state index in [1.807, 2.05) is 0 Å². The molecule has 0 heterocycles. The fraction of sp³-hybridized carbons (Fsp3) is 0.931. The van der Waals surface area contributed by atoms with Crippen LogP contribution in [0.1, 0.15) is 267 Å². The Labute approximate surface area is 467 Å². The van der Waals surface area contributed by atoms with Crippen LogP contribution in [-0.4, -0.2) is 96.7 Å². The molecule has 0 saturated heterocycles. The molecule has 0 aromatic rings. The van der Waals surface area contributed by atoms with E-state index >= 15 is 0 Å². The molecule has 0 aromatic carbocycles. The molecule has 0 fully saturated rings. The van der Waals surface area contributed by atoms with Crippen molar-refractivity contribution in [3.8, 4) is 0 Å². The third-order valence-corrected chi connectivity index (χ3v) is 15.0. The van der Waals surface area contributed by atoms with Gasteiger partial charge in [0.2, 0.25) is 0 Å². The number of unbranched alkanes of at least 4 members (excludes halogenated alkanes) is 21. The minimum Gasteiger partial charge on any atom is -0.462 e. The van der Waals surface area contributed by atoms with Crippen LogP contribution < -0.4 is 0 Å². The number of phosphoric ester groups is 2. The molecule has 0 bridgehead atoms. The van der Waals surface area contributed by atoms with E-state index in [4.69, 9.17) is 37.0 Å². The van der Waals surface area contributed by atoms with Crippen molar-refractivity contribution in [2.24, 2.45) is 23.7 Å². The van der Waals surface area contributed by atoms with Crippen LogP contribution >= 0.6 is 15.6 Å². The molecular weight excluding hydrogens is 1030 g/mol. The van der Waals surface area contributed by atoms with Crippen LogP contribution in [0.25, 0.3) is 0 Å². The van der Waals surface area contributed by atoms with Crippen molar-refractivity contribution in [3.05, 3.63) is 0 Å². The highest BCUT2D eigenvalue weighted by Gasteiger charge is 2.30. The third kappa shape index (κ3) is 53.2. The zero-order valence-corrected chi connectivity index (χ0v) is 51.4. The molecule has 0 rings (SSSR count). The average Bonchev–Trinajstić information content (AvgIpc) is 3.35. The van der Waals surface area contributed by atoms with Gasteiger partial charge in [-0.05, 0) is 49.4 Å². The van der Waals surface area contributed by atoms with Crippen molar-refractivity contribution in [2.45, 2.75) is 286 Å². The lowest BCUT2D eigenvalue weighted by Gasteiger charge is -2.21. The molecule has 17 nitrogen and oxygen atoms in total. The Balaban J connectivity index is 5.24. The number of rotatable bonds is 55. The van der Waals surface area contributed by atoms with Gasteiger partial charge in [0.1, 0.15) is 19.3 Å². The molecule has 3 N–H and O–H groups in total. The van der Waals surface area contributed by atoms with E-state index in [0.29, 0.717) is 49.4 Å². The first kappa shape index (κ1) is 75.1. The van der Waals surface area contributed by atoms with Gasteiger partial charge < -0.3 is 33.8 Å². The van der Waals surface area contributed by atoms with Gasteiger partial charge in [-0.15, -0.1) is 0 Å². The van der Waals surface area contributed by atoms with Gasteiger partial charge in [-0.1, -0.05) is 216 Å². The average molecular weight is 1140 g/mol. The zero-order valence-electron chi connectivity index (χ0n) is 49.6. The smallest absolute Gasteiger partial charge is 0.462 e. The van der Waals surface area contributed by atoms with Crippen molar-refractivity contribution >= 4 is 39.5 Å². The van der Waals surface area contributed by atoms with E-state index in [1.165, 1.54) is 57.8 Å². The Bertz CT molecular complexity index is 1560. The summed E-state index contributed by atoms with van der Waals surface area (Å²) in [7, 11) is -9.87. The summed E-state index contributed by atoms with van der Waals surface area (Å²) in [4.78, 5) is 71.8. The Morgan fingerprint density at radius 3 is 0.805 bits per heavy atom. The summed E-state index contributed by atoms with van der Waals surface area (Å²) in [6.45, 7) is 13.7. The van der Waals surface area contributed by atoms with Crippen molar-refractivity contribution in [3.63, 3.8) is 0 Å². The summed E-state index contributed by atoms with van der Waals surface area (Å²) in [6.07, 6.45) is 25.9. The Kier molecular flexibility index (Phi) is 47.5. The maximum atomic E-state index is 12.9. The molecule has 0 saturated carbocycles. The van der Waals surface area contributed by atoms with Crippen LogP contribution in [0.15, 0.2) is 0 Å². The van der Waals surface area contributed by atoms with Crippen molar-refractivity contribution in [1.82, 2.24) is 0 Å². The minimum atomic E-state index is -4.94. The lowest BCUT2D eigenvalue weighted by Crippen LogP contribution is -2.30. The first-order chi connectivity index (χ1) is 36.6. The lowest BCUT2D eigenvalue weighted by molar-refractivity contribution is -0.161. The van der Waals surface area contributed by atoms with Crippen LogP contribution in [-0.2, 0) is 65.4 Å². The molecule has 0 aliphatic rings. The second-order valence-electron chi connectivity index (χ2n) is 22.9. The maximum absolute atomic E-state index is 12.9. The number of phosphoric acid groups is 2. The van der Waals surface area contributed by atoms with E-state index in [9.17, 15) is 43.2 Å². The highest BCUT2D eigenvalue weighted by molar-refractivity contribution is 7.47. The molecule has 0 aromatic heterocycles. The van der Waals surface area contributed by atoms with Crippen LogP contribution in [0, 0.1) is 23.7 Å². The minimum absolute atomic E-state index is 0.1000. The molecule has 19 heteroatoms. The van der Waals surface area contributed by atoms with Gasteiger partial charge in [0.25, 0.3) is 0 Å². The summed E-state index contributed by atoms with van der Waals surface area (Å²) in [5, 5.41) is 10.5. The molecule has 77 heavy (non-hydrogen) atoms. The van der Waals surface area contributed by atoms with Gasteiger partial charge in [-0.3, -0.25) is 37.3 Å². The summed E-state index contributed by atoms with van der Waals surface area (Å²) in [5.41, 5.74) is 0. The van der Waals surface area contributed by atoms with E-state index in [1.54, 1.807) is 0 Å². The first-order valence-electron chi connectivity index (χ1n) is 30.2. The molecule has 0 spiro atoms. The molecule has 456 valence electrons. The number of aliphatic hydroxyl groups is 1. The van der Waals surface area contributed by atoms with Gasteiger partial charge in [0.05, 0.1) is 26.4 Å². The number of esters is 4. The topological polar surface area (TPSA) is 237 Å². The normalized spacial score (nSPS) is 14.6. The highest BCUT2D eigenvalue weighted by Crippen LogP contribution is 2.45. The summed E-state index contributed by atoms with van der Waals surface area (Å²) >= 11 is 0. The van der Waals surface area contributed by atoms with Crippen molar-refractivity contribution in [2.75, 3.05) is 39.6 Å². The number of hydrogen-bond donors (Lipinski definition) is 3. The Morgan fingerprint density at radius 1 is 0.325 bits per heavy atom. The van der Waals surface area contributed by atoms with Crippen molar-refractivity contribution < 1.29 is 80.2 Å². The predicted octanol–water partition coefficient (Wildman–Crippen LogP) is 15.0. The number of carbonyl (C=O) groups is 4. The largest absolute Gasteiger partial charge is 0.472 e. The fourth-order valence-electron chi connectivity index (χ4n) is 8.37. The van der Waals surface area contributed by atoms with Crippen LogP contribution in [0.4, 0.5) is 0 Å². The Hall–Kier alpha value is -1.94. The molecule has 2 unspecified atom stereocenters. The number of hydrogen-bond acceptors (Lipinski definition) is 15. The monoisotopic (exact) mass is 1140 g/mol. The molecular formula is C58H112O17P2. The van der Waals surface area contributed by atoms with E-state index in [0.717, 1.165) is 103 Å². The van der Waals surface area contributed by atoms with Gasteiger partial charge in [-0.2, -0.15) is 0 Å². The SMILES string of the molecule is CC(C)CCCCCCCCCC(=O)OC[C@H](COP(=O)(O)OC[C@@H](O)COP(=O)(O)OC[C@@H](COC(=O)CCCCCCCCC(C)C)OC(=O)CCCCCCCCC(C)C)OC(=O)CCCCCCCCC(C)C. The molecule has 0 aliphatic heterocycles. The van der Waals surface area contributed by atoms with Crippen LogP contribution in [0.5, 0.6) is 0 Å². The van der Waals surface area contributed by atoms with Gasteiger partial charge in [0.15, 0.2) is 12.2 Å². The van der Waals surface area contributed by atoms with E-state index in [-0.39, 0.29) is 25.7 Å². The number of carbonyl (C=O) groups excluding carboxylic acids is 4. The van der Waals surface area contributed by atoms with Crippen molar-refractivity contribution in [1.29, 1.82) is 0 Å².